The molecule has 0 saturated carbocycles. The third kappa shape index (κ3) is 3.74. The van der Waals surface area contributed by atoms with Gasteiger partial charge in [0.05, 0.1) is 21.7 Å². The first-order chi connectivity index (χ1) is 11.4. The van der Waals surface area contributed by atoms with Crippen LogP contribution in [0.2, 0.25) is 5.02 Å². The molecular weight excluding hydrogens is 364 g/mol. The molecule has 0 bridgehead atoms. The number of anilines is 1. The predicted octanol–water partition coefficient (Wildman–Crippen LogP) is 4.85. The summed E-state index contributed by atoms with van der Waals surface area (Å²) < 4.78 is 3.70. The van der Waals surface area contributed by atoms with Crippen LogP contribution in [0.4, 0.5) is 5.82 Å². The average molecular weight is 381 g/mol. The normalized spacial score (nSPS) is 12.7. The smallest absolute Gasteiger partial charge is 0.238 e. The Morgan fingerprint density at radius 1 is 1.33 bits per heavy atom. The van der Waals surface area contributed by atoms with E-state index in [1.54, 1.807) is 28.3 Å². The van der Waals surface area contributed by atoms with Crippen LogP contribution < -0.4 is 5.32 Å². The van der Waals surface area contributed by atoms with Crippen molar-refractivity contribution in [2.45, 2.75) is 36.4 Å². The summed E-state index contributed by atoms with van der Waals surface area (Å²) in [6.45, 7) is 5.91. The van der Waals surface area contributed by atoms with E-state index in [-0.39, 0.29) is 17.2 Å². The molecule has 0 radical (unpaired) electrons. The Morgan fingerprint density at radius 2 is 2.12 bits per heavy atom. The molecule has 0 saturated heterocycles. The van der Waals surface area contributed by atoms with Crippen molar-refractivity contribution in [1.29, 1.82) is 0 Å². The number of benzene rings is 1. The number of amides is 1. The molecule has 1 amide bonds. The molecule has 1 atom stereocenters. The van der Waals surface area contributed by atoms with E-state index in [0.717, 1.165) is 14.6 Å². The molecule has 1 aromatic carbocycles. The molecule has 0 aliphatic heterocycles. The zero-order chi connectivity index (χ0) is 17.3. The molecule has 126 valence electrons. The molecule has 0 unspecified atom stereocenters. The minimum atomic E-state index is -0.267. The van der Waals surface area contributed by atoms with Crippen LogP contribution in [-0.4, -0.2) is 25.9 Å². The first-order valence-electron chi connectivity index (χ1n) is 7.51. The van der Waals surface area contributed by atoms with Crippen LogP contribution in [0.15, 0.2) is 34.8 Å². The van der Waals surface area contributed by atoms with Crippen LogP contribution in [0.3, 0.4) is 0 Å². The highest BCUT2D eigenvalue weighted by molar-refractivity contribution is 8.02. The van der Waals surface area contributed by atoms with Gasteiger partial charge in [-0.05, 0) is 39.0 Å². The minimum absolute atomic E-state index is 0.0697. The number of hydrogen-bond acceptors (Lipinski definition) is 5. The highest BCUT2D eigenvalue weighted by Crippen LogP contribution is 2.33. The second-order valence-corrected chi connectivity index (χ2v) is 8.65. The fourth-order valence-corrected chi connectivity index (χ4v) is 4.55. The fourth-order valence-electron chi connectivity index (χ4n) is 2.19. The molecule has 2 aromatic heterocycles. The number of fused-ring (bicyclic) bond motifs is 1. The van der Waals surface area contributed by atoms with Crippen LogP contribution in [0, 0.1) is 0 Å². The lowest BCUT2D eigenvalue weighted by molar-refractivity contribution is -0.115. The molecule has 0 aliphatic rings. The molecule has 0 aliphatic carbocycles. The number of aromatic nitrogens is 3. The van der Waals surface area contributed by atoms with Crippen molar-refractivity contribution in [2.75, 3.05) is 5.32 Å². The van der Waals surface area contributed by atoms with Gasteiger partial charge in [-0.15, -0.1) is 11.3 Å². The van der Waals surface area contributed by atoms with Crippen molar-refractivity contribution in [3.8, 4) is 0 Å². The van der Waals surface area contributed by atoms with E-state index >= 15 is 0 Å². The summed E-state index contributed by atoms with van der Waals surface area (Å²) in [4.78, 5) is 17.0. The monoisotopic (exact) mass is 380 g/mol. The van der Waals surface area contributed by atoms with Crippen molar-refractivity contribution in [1.82, 2.24) is 14.8 Å². The lowest BCUT2D eigenvalue weighted by Gasteiger charge is -2.14. The molecule has 5 nitrogen and oxygen atoms in total. The van der Waals surface area contributed by atoms with E-state index in [1.807, 2.05) is 39.0 Å². The standard InChI is InChI=1S/C16H17ClN4OS2/c1-9(2)21-14(6-7-18-21)20-15(22)10(3)23-16-19-12-8-11(17)4-5-13(12)24-16/h4-10H,1-3H3,(H,20,22)/t10-/m0/s1. The predicted molar refractivity (Wildman–Crippen MR) is 101 cm³/mol. The third-order valence-corrected chi connectivity index (χ3v) is 5.85. The number of thioether (sulfide) groups is 1. The maximum absolute atomic E-state index is 12.4. The molecule has 0 spiro atoms. The molecule has 24 heavy (non-hydrogen) atoms. The highest BCUT2D eigenvalue weighted by Gasteiger charge is 2.19. The van der Waals surface area contributed by atoms with Crippen molar-refractivity contribution in [3.05, 3.63) is 35.5 Å². The van der Waals surface area contributed by atoms with Crippen molar-refractivity contribution >= 4 is 56.6 Å². The third-order valence-electron chi connectivity index (χ3n) is 3.39. The molecule has 8 heteroatoms. The van der Waals surface area contributed by atoms with Gasteiger partial charge in [-0.1, -0.05) is 23.4 Å². The summed E-state index contributed by atoms with van der Waals surface area (Å²) in [7, 11) is 0. The number of nitrogens with zero attached hydrogens (tertiary/aromatic N) is 3. The van der Waals surface area contributed by atoms with Gasteiger partial charge in [-0.2, -0.15) is 5.10 Å². The Morgan fingerprint density at radius 3 is 2.88 bits per heavy atom. The van der Waals surface area contributed by atoms with Gasteiger partial charge in [-0.25, -0.2) is 9.67 Å². The van der Waals surface area contributed by atoms with E-state index in [4.69, 9.17) is 11.6 Å². The van der Waals surface area contributed by atoms with Gasteiger partial charge in [0.1, 0.15) is 5.82 Å². The fraction of sp³-hybridized carbons (Fsp3) is 0.312. The summed E-state index contributed by atoms with van der Waals surface area (Å²) >= 11 is 8.99. The average Bonchev–Trinajstić information content (AvgIpc) is 3.12. The van der Waals surface area contributed by atoms with Crippen molar-refractivity contribution < 1.29 is 4.79 Å². The van der Waals surface area contributed by atoms with Crippen LogP contribution in [0.5, 0.6) is 0 Å². The van der Waals surface area contributed by atoms with Crippen LogP contribution in [0.1, 0.15) is 26.8 Å². The summed E-state index contributed by atoms with van der Waals surface area (Å²) in [5.41, 5.74) is 0.862. The minimum Gasteiger partial charge on any atom is -0.310 e. The van der Waals surface area contributed by atoms with E-state index in [2.05, 4.69) is 15.4 Å². The number of hydrogen-bond donors (Lipinski definition) is 1. The molecular formula is C16H17ClN4OS2. The summed E-state index contributed by atoms with van der Waals surface area (Å²) in [5, 5.41) is 7.55. The highest BCUT2D eigenvalue weighted by atomic mass is 35.5. The van der Waals surface area contributed by atoms with E-state index in [0.29, 0.717) is 10.8 Å². The van der Waals surface area contributed by atoms with Gasteiger partial charge >= 0.3 is 0 Å². The van der Waals surface area contributed by atoms with Gasteiger partial charge in [0, 0.05) is 17.1 Å². The maximum Gasteiger partial charge on any atom is 0.238 e. The number of nitrogens with one attached hydrogen (secondary N) is 1. The van der Waals surface area contributed by atoms with Gasteiger partial charge in [0.15, 0.2) is 4.34 Å². The maximum atomic E-state index is 12.4. The second-order valence-electron chi connectivity index (χ2n) is 5.60. The number of carbonyl (C=O) groups is 1. The van der Waals surface area contributed by atoms with Crippen molar-refractivity contribution in [3.63, 3.8) is 0 Å². The Hall–Kier alpha value is -1.57. The van der Waals surface area contributed by atoms with Crippen LogP contribution in [-0.2, 0) is 4.79 Å². The first kappa shape index (κ1) is 17.3. The molecule has 2 heterocycles. The Balaban J connectivity index is 1.70. The zero-order valence-corrected chi connectivity index (χ0v) is 15.9. The number of rotatable bonds is 5. The lowest BCUT2D eigenvalue weighted by Crippen LogP contribution is -2.24. The quantitative estimate of drug-likeness (QED) is 0.643. The summed E-state index contributed by atoms with van der Waals surface area (Å²) in [6.07, 6.45) is 1.69. The van der Waals surface area contributed by atoms with Crippen LogP contribution in [0.25, 0.3) is 10.2 Å². The number of carbonyl (C=O) groups excluding carboxylic acids is 1. The molecule has 3 aromatic rings. The Bertz CT molecular complexity index is 874. The zero-order valence-electron chi connectivity index (χ0n) is 13.5. The number of thiazole rings is 1. The van der Waals surface area contributed by atoms with E-state index in [9.17, 15) is 4.79 Å². The lowest BCUT2D eigenvalue weighted by atomic mass is 10.3. The van der Waals surface area contributed by atoms with Crippen LogP contribution >= 0.6 is 34.7 Å². The Kier molecular flexibility index (Phi) is 5.12. The largest absolute Gasteiger partial charge is 0.310 e. The second kappa shape index (κ2) is 7.13. The van der Waals surface area contributed by atoms with E-state index in [1.165, 1.54) is 11.8 Å². The summed E-state index contributed by atoms with van der Waals surface area (Å²) in [5.74, 6) is 0.637. The van der Waals surface area contributed by atoms with Gasteiger partial charge in [0.25, 0.3) is 0 Å². The Labute approximate surface area is 153 Å². The molecule has 3 rings (SSSR count). The number of halogens is 1. The topological polar surface area (TPSA) is 59.8 Å². The van der Waals surface area contributed by atoms with Gasteiger partial charge in [-0.3, -0.25) is 4.79 Å². The van der Waals surface area contributed by atoms with Gasteiger partial charge < -0.3 is 5.32 Å². The molecule has 0 fully saturated rings. The summed E-state index contributed by atoms with van der Waals surface area (Å²) in [6, 6.07) is 7.62. The first-order valence-corrected chi connectivity index (χ1v) is 9.58. The molecule has 1 N–H and O–H groups in total. The van der Waals surface area contributed by atoms with Gasteiger partial charge in [0.2, 0.25) is 5.91 Å². The van der Waals surface area contributed by atoms with E-state index < -0.39 is 0 Å². The SMILES string of the molecule is CC(C)n1nccc1NC(=O)[C@H](C)Sc1nc2cc(Cl)ccc2s1. The van der Waals surface area contributed by atoms with Crippen molar-refractivity contribution in [2.24, 2.45) is 0 Å².